The van der Waals surface area contributed by atoms with E-state index in [4.69, 9.17) is 0 Å². The molecule has 2 aromatic carbocycles. The second kappa shape index (κ2) is 8.84. The molecule has 0 saturated heterocycles. The van der Waals surface area contributed by atoms with E-state index in [0.29, 0.717) is 29.5 Å². The van der Waals surface area contributed by atoms with Crippen molar-refractivity contribution in [2.75, 3.05) is 6.54 Å². The van der Waals surface area contributed by atoms with E-state index in [1.165, 1.54) is 12.1 Å². The molecular weight excluding hydrogens is 432 g/mol. The van der Waals surface area contributed by atoms with E-state index in [9.17, 15) is 27.9 Å². The van der Waals surface area contributed by atoms with Gasteiger partial charge in [-0.3, -0.25) is 19.3 Å². The molecular formula is C23H24N2O6S. The molecule has 1 fully saturated rings. The van der Waals surface area contributed by atoms with E-state index >= 15 is 0 Å². The minimum atomic E-state index is -3.81. The van der Waals surface area contributed by atoms with Crippen LogP contribution in [0, 0.1) is 11.8 Å². The smallest absolute Gasteiger partial charge is 0.306 e. The number of carboxylic acids is 1. The van der Waals surface area contributed by atoms with Crippen LogP contribution in [0.3, 0.4) is 0 Å². The van der Waals surface area contributed by atoms with Gasteiger partial charge in [-0.15, -0.1) is 0 Å². The lowest BCUT2D eigenvalue weighted by Crippen LogP contribution is -2.37. The third-order valence-corrected chi connectivity index (χ3v) is 7.65. The summed E-state index contributed by atoms with van der Waals surface area (Å²) >= 11 is 0. The van der Waals surface area contributed by atoms with Crippen LogP contribution in [-0.4, -0.2) is 42.8 Å². The predicted octanol–water partition coefficient (Wildman–Crippen LogP) is 2.65. The molecule has 168 valence electrons. The minimum Gasteiger partial charge on any atom is -0.481 e. The van der Waals surface area contributed by atoms with Gasteiger partial charge in [0.25, 0.3) is 11.8 Å². The van der Waals surface area contributed by atoms with E-state index in [1.807, 2.05) is 0 Å². The number of aliphatic carboxylic acids is 1. The summed E-state index contributed by atoms with van der Waals surface area (Å²) in [5.74, 6) is -2.39. The first kappa shape index (κ1) is 22.2. The number of hydrogen-bond donors (Lipinski definition) is 2. The van der Waals surface area contributed by atoms with Gasteiger partial charge in [-0.25, -0.2) is 13.1 Å². The molecule has 0 bridgehead atoms. The van der Waals surface area contributed by atoms with Crippen molar-refractivity contribution in [3.8, 4) is 0 Å². The fourth-order valence-corrected chi connectivity index (χ4v) is 5.51. The number of sulfonamides is 1. The lowest BCUT2D eigenvalue weighted by Gasteiger charge is -2.28. The molecule has 1 aliphatic heterocycles. The van der Waals surface area contributed by atoms with Gasteiger partial charge in [0.05, 0.1) is 28.5 Å². The molecule has 0 radical (unpaired) electrons. The van der Waals surface area contributed by atoms with Crippen molar-refractivity contribution in [2.45, 2.75) is 37.1 Å². The molecule has 2 aromatic rings. The van der Waals surface area contributed by atoms with Gasteiger partial charge >= 0.3 is 5.97 Å². The molecule has 0 spiro atoms. The molecule has 4 rings (SSSR count). The van der Waals surface area contributed by atoms with E-state index in [-0.39, 0.29) is 35.7 Å². The van der Waals surface area contributed by atoms with Crippen molar-refractivity contribution in [3.63, 3.8) is 0 Å². The third-order valence-electron chi connectivity index (χ3n) is 6.21. The van der Waals surface area contributed by atoms with Crippen LogP contribution in [0.4, 0.5) is 0 Å². The summed E-state index contributed by atoms with van der Waals surface area (Å²) in [5, 5.41) is 9.37. The zero-order valence-corrected chi connectivity index (χ0v) is 18.2. The summed E-state index contributed by atoms with van der Waals surface area (Å²) in [7, 11) is -3.81. The average molecular weight is 457 g/mol. The Morgan fingerprint density at radius 1 is 0.969 bits per heavy atom. The highest BCUT2D eigenvalue weighted by Crippen LogP contribution is 2.30. The summed E-state index contributed by atoms with van der Waals surface area (Å²) < 4.78 is 27.9. The molecule has 0 aromatic heterocycles. The highest BCUT2D eigenvalue weighted by Gasteiger charge is 2.35. The van der Waals surface area contributed by atoms with Crippen molar-refractivity contribution >= 4 is 27.8 Å². The second-order valence-corrected chi connectivity index (χ2v) is 9.99. The summed E-state index contributed by atoms with van der Waals surface area (Å²) in [6.45, 7) is 0.124. The third kappa shape index (κ3) is 4.31. The van der Waals surface area contributed by atoms with Gasteiger partial charge in [-0.1, -0.05) is 37.1 Å². The van der Waals surface area contributed by atoms with E-state index < -0.39 is 21.9 Å². The summed E-state index contributed by atoms with van der Waals surface area (Å²) in [6.07, 6.45) is 2.98. The fourth-order valence-electron chi connectivity index (χ4n) is 4.42. The molecule has 1 heterocycles. The maximum absolute atomic E-state index is 12.7. The van der Waals surface area contributed by atoms with Crippen molar-refractivity contribution in [1.29, 1.82) is 0 Å². The van der Waals surface area contributed by atoms with Gasteiger partial charge in [0.15, 0.2) is 0 Å². The Morgan fingerprint density at radius 3 is 2.16 bits per heavy atom. The maximum atomic E-state index is 12.7. The van der Waals surface area contributed by atoms with Gasteiger partial charge in [-0.2, -0.15) is 0 Å². The zero-order chi connectivity index (χ0) is 22.9. The van der Waals surface area contributed by atoms with Crippen LogP contribution in [0.5, 0.6) is 0 Å². The normalized spacial score (nSPS) is 20.9. The number of nitrogens with one attached hydrogen (secondary N) is 1. The number of nitrogens with zero attached hydrogens (tertiary/aromatic N) is 1. The number of imide groups is 1. The number of carbonyl (C=O) groups is 3. The van der Waals surface area contributed by atoms with Gasteiger partial charge < -0.3 is 5.11 Å². The lowest BCUT2D eigenvalue weighted by molar-refractivity contribution is -0.144. The quantitative estimate of drug-likeness (QED) is 0.618. The molecule has 0 unspecified atom stereocenters. The van der Waals surface area contributed by atoms with Crippen LogP contribution in [0.1, 0.15) is 52.0 Å². The highest BCUT2D eigenvalue weighted by atomic mass is 32.2. The average Bonchev–Trinajstić information content (AvgIpc) is 3.03. The molecule has 2 atom stereocenters. The van der Waals surface area contributed by atoms with E-state index in [0.717, 1.165) is 17.7 Å². The summed E-state index contributed by atoms with van der Waals surface area (Å²) in [6, 6.07) is 12.6. The van der Waals surface area contributed by atoms with Crippen LogP contribution in [0.2, 0.25) is 0 Å². The van der Waals surface area contributed by atoms with Gasteiger partial charge in [0, 0.05) is 6.54 Å². The van der Waals surface area contributed by atoms with Crippen molar-refractivity contribution < 1.29 is 27.9 Å². The van der Waals surface area contributed by atoms with Crippen molar-refractivity contribution in [2.24, 2.45) is 11.8 Å². The molecule has 2 N–H and O–H groups in total. The van der Waals surface area contributed by atoms with Crippen LogP contribution < -0.4 is 4.72 Å². The lowest BCUT2D eigenvalue weighted by atomic mass is 9.79. The molecule has 1 saturated carbocycles. The van der Waals surface area contributed by atoms with Crippen LogP contribution in [0.25, 0.3) is 0 Å². The van der Waals surface area contributed by atoms with E-state index in [2.05, 4.69) is 4.72 Å². The Labute approximate surface area is 186 Å². The van der Waals surface area contributed by atoms with Crippen molar-refractivity contribution in [1.82, 2.24) is 9.62 Å². The number of carbonyl (C=O) groups excluding carboxylic acids is 2. The van der Waals surface area contributed by atoms with Crippen LogP contribution in [0.15, 0.2) is 53.4 Å². The highest BCUT2D eigenvalue weighted by molar-refractivity contribution is 7.89. The predicted molar refractivity (Wildman–Crippen MR) is 115 cm³/mol. The number of carboxylic acid groups (broad SMARTS) is 1. The number of rotatable bonds is 7. The Morgan fingerprint density at radius 2 is 1.56 bits per heavy atom. The Hall–Kier alpha value is -3.04. The van der Waals surface area contributed by atoms with Crippen LogP contribution in [-0.2, 0) is 21.4 Å². The Bertz CT molecular complexity index is 1120. The standard InChI is InChI=1S/C23H24N2O6S/c26-21-19-7-3-4-8-20(19)22(27)25(21)14-15-9-11-17(12-10-15)32(30,31)24-13-16-5-1-2-6-18(16)23(28)29/h3-4,7-12,16,18,24H,1-2,5-6,13-14H2,(H,28,29)/t16-,18-/m0/s1. The summed E-state index contributed by atoms with van der Waals surface area (Å²) in [5.41, 5.74) is 1.35. The fraction of sp³-hybridized carbons (Fsp3) is 0.348. The monoisotopic (exact) mass is 456 g/mol. The SMILES string of the molecule is O=C(O)[C@H]1CCCC[C@H]1CNS(=O)(=O)c1ccc(CN2C(=O)c3ccccc3C2=O)cc1. The van der Waals surface area contributed by atoms with Gasteiger partial charge in [0.2, 0.25) is 10.0 Å². The first-order valence-corrected chi connectivity index (χ1v) is 12.0. The molecule has 2 amide bonds. The Kier molecular flexibility index (Phi) is 6.12. The Balaban J connectivity index is 1.41. The second-order valence-electron chi connectivity index (χ2n) is 8.23. The number of hydrogen-bond acceptors (Lipinski definition) is 5. The summed E-state index contributed by atoms with van der Waals surface area (Å²) in [4.78, 5) is 37.6. The topological polar surface area (TPSA) is 121 Å². The molecule has 32 heavy (non-hydrogen) atoms. The van der Waals surface area contributed by atoms with Gasteiger partial charge in [-0.05, 0) is 48.6 Å². The van der Waals surface area contributed by atoms with Crippen molar-refractivity contribution in [3.05, 3.63) is 65.2 Å². The molecule has 8 nitrogen and oxygen atoms in total. The first-order valence-electron chi connectivity index (χ1n) is 10.5. The maximum Gasteiger partial charge on any atom is 0.306 e. The molecule has 9 heteroatoms. The number of amides is 2. The van der Waals surface area contributed by atoms with Gasteiger partial charge in [0.1, 0.15) is 0 Å². The minimum absolute atomic E-state index is 0.0441. The first-order chi connectivity index (χ1) is 15.3. The largest absolute Gasteiger partial charge is 0.481 e. The molecule has 1 aliphatic carbocycles. The van der Waals surface area contributed by atoms with E-state index in [1.54, 1.807) is 36.4 Å². The number of fused-ring (bicyclic) bond motifs is 1. The zero-order valence-electron chi connectivity index (χ0n) is 17.4. The number of benzene rings is 2. The molecule has 2 aliphatic rings. The van der Waals surface area contributed by atoms with Crippen LogP contribution >= 0.6 is 0 Å².